The van der Waals surface area contributed by atoms with Gasteiger partial charge in [-0.15, -0.1) is 0 Å². The molecular weight excluding hydrogens is 323 g/mol. The molecule has 0 saturated heterocycles. The smallest absolute Gasteiger partial charge is 0.186 e. The lowest BCUT2D eigenvalue weighted by Gasteiger charge is -2.22. The third kappa shape index (κ3) is 19.8. The minimum absolute atomic E-state index is 0. The second-order valence-corrected chi connectivity index (χ2v) is 7.89. The Morgan fingerprint density at radius 2 is 0.864 bits per heavy atom. The quantitative estimate of drug-likeness (QED) is 0.278. The standard InChI is InChI=1S/C16H34N2O2.2ClH/c1-17(2,3)13-15(19)11-9-7-8-10-12-16(20)14-18(4,5)6;;/h7-14H2,1-6H3;2*1H/q+2;;/p-2. The van der Waals surface area contributed by atoms with E-state index in [1.165, 1.54) is 0 Å². The molecule has 0 unspecified atom stereocenters. The Balaban J connectivity index is -0.00000180. The van der Waals surface area contributed by atoms with Crippen molar-refractivity contribution in [2.75, 3.05) is 55.4 Å². The molecule has 0 aromatic heterocycles. The molecule has 0 saturated carbocycles. The van der Waals surface area contributed by atoms with Crippen molar-refractivity contribution < 1.29 is 43.4 Å². The van der Waals surface area contributed by atoms with E-state index in [2.05, 4.69) is 0 Å². The van der Waals surface area contributed by atoms with Gasteiger partial charge in [-0.05, 0) is 12.8 Å². The van der Waals surface area contributed by atoms with Gasteiger partial charge in [-0.25, -0.2) is 0 Å². The summed E-state index contributed by atoms with van der Waals surface area (Å²) in [5.41, 5.74) is 0. The molecule has 22 heavy (non-hydrogen) atoms. The van der Waals surface area contributed by atoms with Crippen molar-refractivity contribution >= 4 is 11.6 Å². The minimum Gasteiger partial charge on any atom is -1.00 e. The summed E-state index contributed by atoms with van der Waals surface area (Å²) in [6.07, 6.45) is 5.40. The van der Waals surface area contributed by atoms with Crippen molar-refractivity contribution in [1.29, 1.82) is 0 Å². The number of quaternary nitrogens is 2. The molecule has 0 amide bonds. The van der Waals surface area contributed by atoms with Crippen LogP contribution < -0.4 is 24.8 Å². The van der Waals surface area contributed by atoms with Crippen LogP contribution in [0.1, 0.15) is 38.5 Å². The number of rotatable bonds is 11. The number of ketones is 2. The fourth-order valence-electron chi connectivity index (χ4n) is 2.21. The number of nitrogens with zero attached hydrogens (tertiary/aromatic N) is 2. The van der Waals surface area contributed by atoms with Gasteiger partial charge in [0, 0.05) is 12.8 Å². The maximum Gasteiger partial charge on any atom is 0.186 e. The second-order valence-electron chi connectivity index (χ2n) is 7.89. The summed E-state index contributed by atoms with van der Waals surface area (Å²) in [6, 6.07) is 0. The van der Waals surface area contributed by atoms with Crippen molar-refractivity contribution in [3.63, 3.8) is 0 Å². The summed E-state index contributed by atoms with van der Waals surface area (Å²) in [4.78, 5) is 23.4. The van der Waals surface area contributed by atoms with Crippen LogP contribution in [0.25, 0.3) is 0 Å². The molecule has 0 heterocycles. The Morgan fingerprint density at radius 1 is 0.591 bits per heavy atom. The van der Waals surface area contributed by atoms with E-state index >= 15 is 0 Å². The molecule has 0 rings (SSSR count). The predicted molar refractivity (Wildman–Crippen MR) is 83.5 cm³/mol. The molecule has 0 N–H and O–H groups in total. The molecule has 0 aliphatic heterocycles. The van der Waals surface area contributed by atoms with Gasteiger partial charge in [0.15, 0.2) is 11.6 Å². The van der Waals surface area contributed by atoms with E-state index in [4.69, 9.17) is 0 Å². The monoisotopic (exact) mass is 356 g/mol. The highest BCUT2D eigenvalue weighted by Gasteiger charge is 2.14. The first-order chi connectivity index (χ1) is 8.99. The van der Waals surface area contributed by atoms with Crippen LogP contribution in [0.5, 0.6) is 0 Å². The van der Waals surface area contributed by atoms with Gasteiger partial charge in [-0.1, -0.05) is 12.8 Å². The van der Waals surface area contributed by atoms with Crippen LogP contribution in [0.2, 0.25) is 0 Å². The number of hydrogen-bond acceptors (Lipinski definition) is 2. The zero-order chi connectivity index (χ0) is 15.8. The summed E-state index contributed by atoms with van der Waals surface area (Å²) >= 11 is 0. The molecule has 0 atom stereocenters. The van der Waals surface area contributed by atoms with Crippen molar-refractivity contribution in [2.24, 2.45) is 0 Å². The highest BCUT2D eigenvalue weighted by molar-refractivity contribution is 5.79. The van der Waals surface area contributed by atoms with Crippen LogP contribution in [0.3, 0.4) is 0 Å². The predicted octanol–water partition coefficient (Wildman–Crippen LogP) is -4.11. The highest BCUT2D eigenvalue weighted by Crippen LogP contribution is 2.08. The minimum atomic E-state index is 0. The Bertz CT molecular complexity index is 289. The van der Waals surface area contributed by atoms with Crippen molar-refractivity contribution in [2.45, 2.75) is 38.5 Å². The number of likely N-dealkylation sites (N-methyl/N-ethyl adjacent to an activating group) is 2. The molecule has 0 spiro atoms. The first-order valence-corrected chi connectivity index (χ1v) is 7.64. The summed E-state index contributed by atoms with van der Waals surface area (Å²) in [5, 5.41) is 0. The normalized spacial score (nSPS) is 11.4. The van der Waals surface area contributed by atoms with E-state index in [0.29, 0.717) is 46.5 Å². The molecule has 4 nitrogen and oxygen atoms in total. The fraction of sp³-hybridized carbons (Fsp3) is 0.875. The Labute approximate surface area is 149 Å². The lowest BCUT2D eigenvalue weighted by Crippen LogP contribution is -3.00. The molecule has 0 aliphatic carbocycles. The zero-order valence-corrected chi connectivity index (χ0v) is 16.6. The van der Waals surface area contributed by atoms with Gasteiger partial charge in [-0.2, -0.15) is 0 Å². The van der Waals surface area contributed by atoms with Gasteiger partial charge in [0.05, 0.1) is 42.3 Å². The Kier molecular flexibility index (Phi) is 14.9. The molecule has 0 fully saturated rings. The van der Waals surface area contributed by atoms with Crippen molar-refractivity contribution in [1.82, 2.24) is 0 Å². The van der Waals surface area contributed by atoms with Crippen molar-refractivity contribution in [3.05, 3.63) is 0 Å². The van der Waals surface area contributed by atoms with Gasteiger partial charge >= 0.3 is 0 Å². The fourth-order valence-corrected chi connectivity index (χ4v) is 2.21. The largest absolute Gasteiger partial charge is 1.00 e. The molecule has 0 aliphatic rings. The van der Waals surface area contributed by atoms with E-state index in [1.807, 2.05) is 42.3 Å². The van der Waals surface area contributed by atoms with Crippen LogP contribution in [-0.4, -0.2) is 75.9 Å². The third-order valence-corrected chi connectivity index (χ3v) is 2.96. The first kappa shape index (κ1) is 26.7. The molecule has 0 bridgehead atoms. The number of carbonyl (C=O) groups is 2. The van der Waals surface area contributed by atoms with E-state index in [-0.39, 0.29) is 24.8 Å². The summed E-state index contributed by atoms with van der Waals surface area (Å²) in [7, 11) is 12.2. The molecule has 0 aromatic carbocycles. The molecule has 0 radical (unpaired) electrons. The van der Waals surface area contributed by atoms with E-state index in [0.717, 1.165) is 25.7 Å². The molecule has 134 valence electrons. The van der Waals surface area contributed by atoms with Crippen LogP contribution in [0, 0.1) is 0 Å². The van der Waals surface area contributed by atoms with Gasteiger partial charge < -0.3 is 33.8 Å². The Hall–Kier alpha value is -0.160. The summed E-state index contributed by atoms with van der Waals surface area (Å²) in [5.74, 6) is 0.692. The van der Waals surface area contributed by atoms with Crippen LogP contribution in [0.4, 0.5) is 0 Å². The van der Waals surface area contributed by atoms with E-state index < -0.39 is 0 Å². The van der Waals surface area contributed by atoms with Gasteiger partial charge in [0.1, 0.15) is 13.1 Å². The van der Waals surface area contributed by atoms with Crippen LogP contribution in [0.15, 0.2) is 0 Å². The topological polar surface area (TPSA) is 34.1 Å². The van der Waals surface area contributed by atoms with Crippen molar-refractivity contribution in [3.8, 4) is 0 Å². The molecule has 6 heteroatoms. The average Bonchev–Trinajstić information content (AvgIpc) is 2.17. The number of Topliss-reactive ketones (excluding diaryl/α,β-unsaturated/α-hetero) is 2. The van der Waals surface area contributed by atoms with Gasteiger partial charge in [0.2, 0.25) is 0 Å². The van der Waals surface area contributed by atoms with Gasteiger partial charge in [-0.3, -0.25) is 9.59 Å². The van der Waals surface area contributed by atoms with Gasteiger partial charge in [0.25, 0.3) is 0 Å². The van der Waals surface area contributed by atoms with E-state index in [9.17, 15) is 9.59 Å². The average molecular weight is 357 g/mol. The highest BCUT2D eigenvalue weighted by atomic mass is 35.5. The summed E-state index contributed by atoms with van der Waals surface area (Å²) in [6.45, 7) is 1.23. The third-order valence-electron chi connectivity index (χ3n) is 2.96. The molecular formula is C16H34Cl2N2O2. The Morgan fingerprint density at radius 3 is 1.09 bits per heavy atom. The lowest BCUT2D eigenvalue weighted by atomic mass is 10.1. The second kappa shape index (κ2) is 12.3. The number of hydrogen-bond donors (Lipinski definition) is 0. The number of halogens is 2. The van der Waals surface area contributed by atoms with E-state index in [1.54, 1.807) is 0 Å². The summed E-state index contributed by atoms with van der Waals surface area (Å²) < 4.78 is 1.41. The number of unbranched alkanes of at least 4 members (excludes halogenated alkanes) is 3. The lowest BCUT2D eigenvalue weighted by molar-refractivity contribution is -0.862. The first-order valence-electron chi connectivity index (χ1n) is 7.64. The maximum atomic E-state index is 11.7. The number of carbonyl (C=O) groups excluding carboxylic acids is 2. The van der Waals surface area contributed by atoms with Crippen LogP contribution in [-0.2, 0) is 9.59 Å². The maximum absolute atomic E-state index is 11.7. The SMILES string of the molecule is C[N+](C)(C)CC(=O)CCCCCCC(=O)C[N+](C)(C)C.[Cl-].[Cl-]. The van der Waals surface area contributed by atoms with Crippen LogP contribution >= 0.6 is 0 Å². The zero-order valence-electron chi connectivity index (χ0n) is 15.1. The molecule has 0 aromatic rings.